The van der Waals surface area contributed by atoms with Crippen molar-refractivity contribution in [3.05, 3.63) is 71.8 Å². The number of likely N-dealkylation sites (N-methyl/N-ethyl adjacent to an activating group) is 1. The van der Waals surface area contributed by atoms with Crippen LogP contribution in [0.15, 0.2) is 60.7 Å². The summed E-state index contributed by atoms with van der Waals surface area (Å²) in [6, 6.07) is 15.5. The molecule has 2 aromatic rings. The fourth-order valence-electron chi connectivity index (χ4n) is 7.76. The molecular weight excluding hydrogens is 684 g/mol. The van der Waals surface area contributed by atoms with Gasteiger partial charge in [-0.25, -0.2) is 0 Å². The molecule has 1 heterocycles. The highest BCUT2D eigenvalue weighted by Crippen LogP contribution is 2.65. The van der Waals surface area contributed by atoms with Crippen molar-refractivity contribution in [2.45, 2.75) is 97.8 Å². The van der Waals surface area contributed by atoms with Gasteiger partial charge >= 0.3 is 0 Å². The Bertz CT molecular complexity index is 1660. The zero-order valence-corrected chi connectivity index (χ0v) is 33.4. The smallest absolute Gasteiger partial charge is 0.290 e. The van der Waals surface area contributed by atoms with Crippen LogP contribution in [-0.4, -0.2) is 97.0 Å². The zero-order valence-electron chi connectivity index (χ0n) is 33.4. The van der Waals surface area contributed by atoms with Crippen LogP contribution in [0, 0.1) is 22.7 Å². The van der Waals surface area contributed by atoms with Crippen LogP contribution in [0.25, 0.3) is 0 Å². The molecule has 0 radical (unpaired) electrons. The third kappa shape index (κ3) is 9.93. The summed E-state index contributed by atoms with van der Waals surface area (Å²) in [7, 11) is 3.15. The van der Waals surface area contributed by atoms with Gasteiger partial charge in [-0.1, -0.05) is 116 Å². The van der Waals surface area contributed by atoms with Crippen molar-refractivity contribution in [3.63, 3.8) is 0 Å². The number of carbonyl (C=O) groups excluding carboxylic acids is 6. The molecule has 2 aliphatic rings. The van der Waals surface area contributed by atoms with Gasteiger partial charge in [0.2, 0.25) is 29.4 Å². The van der Waals surface area contributed by atoms with E-state index in [-0.39, 0.29) is 35.5 Å². The van der Waals surface area contributed by atoms with Gasteiger partial charge in [-0.05, 0) is 59.1 Å². The maximum atomic E-state index is 14.4. The number of carbonyl (C=O) groups is 6. The minimum atomic E-state index is -1.15. The number of nitrogens with zero attached hydrogens (tertiary/aromatic N) is 2. The van der Waals surface area contributed by atoms with Crippen molar-refractivity contribution >= 4 is 35.3 Å². The molecule has 0 spiro atoms. The number of amides is 5. The number of fused-ring (bicyclic) bond motifs is 1. The monoisotopic (exact) mass is 744 g/mol. The van der Waals surface area contributed by atoms with E-state index < -0.39 is 59.6 Å². The van der Waals surface area contributed by atoms with E-state index in [9.17, 15) is 28.8 Å². The summed E-state index contributed by atoms with van der Waals surface area (Å²) in [5, 5.41) is 11.3. The number of ketones is 1. The van der Waals surface area contributed by atoms with E-state index in [1.165, 1.54) is 10.5 Å². The third-order valence-corrected chi connectivity index (χ3v) is 11.1. The Morgan fingerprint density at radius 1 is 0.889 bits per heavy atom. The predicted octanol–water partition coefficient (Wildman–Crippen LogP) is 3.58. The number of likely N-dealkylation sites (tertiary alicyclic amines) is 1. The van der Waals surface area contributed by atoms with Gasteiger partial charge in [0, 0.05) is 20.6 Å². The van der Waals surface area contributed by atoms with E-state index in [0.717, 1.165) is 6.42 Å². The van der Waals surface area contributed by atoms with E-state index in [1.54, 1.807) is 49.3 Å². The highest BCUT2D eigenvalue weighted by molar-refractivity contribution is 6.38. The van der Waals surface area contributed by atoms with Gasteiger partial charge in [-0.15, -0.1) is 0 Å². The van der Waals surface area contributed by atoms with Crippen molar-refractivity contribution in [3.8, 4) is 0 Å². The molecule has 2 aromatic carbocycles. The highest BCUT2D eigenvalue weighted by Gasteiger charge is 2.69. The van der Waals surface area contributed by atoms with E-state index in [1.807, 2.05) is 45.9 Å². The van der Waals surface area contributed by atoms with Crippen molar-refractivity contribution in [1.82, 2.24) is 31.1 Å². The van der Waals surface area contributed by atoms with Crippen molar-refractivity contribution in [1.29, 1.82) is 0 Å². The van der Waals surface area contributed by atoms with E-state index >= 15 is 0 Å². The van der Waals surface area contributed by atoms with Crippen LogP contribution in [0.3, 0.4) is 0 Å². The first-order chi connectivity index (χ1) is 25.4. The molecule has 0 bridgehead atoms. The van der Waals surface area contributed by atoms with Gasteiger partial charge in [0.25, 0.3) is 5.91 Å². The Hall–Kier alpha value is -4.58. The van der Waals surface area contributed by atoms with Gasteiger partial charge in [-0.2, -0.15) is 0 Å². The molecule has 1 saturated heterocycles. The van der Waals surface area contributed by atoms with E-state index in [4.69, 9.17) is 0 Å². The number of hydrogen-bond acceptors (Lipinski definition) is 7. The second-order valence-electron chi connectivity index (χ2n) is 16.8. The largest absolute Gasteiger partial charge is 0.347 e. The maximum absolute atomic E-state index is 14.4. The van der Waals surface area contributed by atoms with Crippen molar-refractivity contribution < 1.29 is 28.8 Å². The zero-order chi connectivity index (χ0) is 40.0. The molecule has 12 heteroatoms. The van der Waals surface area contributed by atoms with Crippen LogP contribution < -0.4 is 21.3 Å². The van der Waals surface area contributed by atoms with Gasteiger partial charge in [0.1, 0.15) is 12.1 Å². The lowest BCUT2D eigenvalue weighted by molar-refractivity contribution is -0.145. The SMILES string of the molecule is CCCC(NC(=O)[C@@H]1[C@@H]2[C@H](CN1C(=O)C(NCCC(C)c1ccccc1)C(C)(C)C)C2(C)C)C(=O)C(=O)NCC(=O)N[C@H](C(=O)N(C)C)c1ccccc1. The number of hydrogen-bond donors (Lipinski definition) is 4. The Morgan fingerprint density at radius 2 is 1.48 bits per heavy atom. The molecule has 1 aliphatic carbocycles. The fraction of sp³-hybridized carbons (Fsp3) is 0.571. The standard InChI is InChI=1S/C42H60N6O6/c1-10-17-30(35(50)38(52)44-24-31(49)46-33(39(53)47(8)9)28-20-15-12-16-21-28)45-37(51)34-32-29(42(32,6)7)25-48(34)40(54)36(41(3,4)5)43-23-22-26(2)27-18-13-11-14-19-27/h11-16,18-21,26,29-30,32-34,36,43H,10,17,22-25H2,1-9H3,(H,44,52)(H,45,51)(H,46,49)/t26?,29-,30?,32-,33-,34-,36?/m0/s1. The topological polar surface area (TPSA) is 157 Å². The molecule has 294 valence electrons. The first-order valence-electron chi connectivity index (χ1n) is 19.2. The minimum Gasteiger partial charge on any atom is -0.347 e. The summed E-state index contributed by atoms with van der Waals surface area (Å²) < 4.78 is 0. The maximum Gasteiger partial charge on any atom is 0.290 e. The summed E-state index contributed by atoms with van der Waals surface area (Å²) in [6.07, 6.45) is 1.53. The fourth-order valence-corrected chi connectivity index (χ4v) is 7.76. The lowest BCUT2D eigenvalue weighted by Crippen LogP contribution is -2.60. The summed E-state index contributed by atoms with van der Waals surface area (Å²) in [6.45, 7) is 14.7. The quantitative estimate of drug-likeness (QED) is 0.181. The van der Waals surface area contributed by atoms with Crippen LogP contribution in [0.5, 0.6) is 0 Å². The molecule has 5 amide bonds. The highest BCUT2D eigenvalue weighted by atomic mass is 16.2. The van der Waals surface area contributed by atoms with Crippen LogP contribution in [0.2, 0.25) is 0 Å². The molecule has 4 rings (SSSR count). The Balaban J connectivity index is 1.42. The van der Waals surface area contributed by atoms with Gasteiger partial charge in [0.15, 0.2) is 0 Å². The summed E-state index contributed by atoms with van der Waals surface area (Å²) in [5.74, 6) is -3.18. The average Bonchev–Trinajstić information content (AvgIpc) is 3.43. The summed E-state index contributed by atoms with van der Waals surface area (Å²) >= 11 is 0. The number of benzene rings is 2. The second-order valence-corrected chi connectivity index (χ2v) is 16.8. The second kappa shape index (κ2) is 17.7. The van der Waals surface area contributed by atoms with Crippen molar-refractivity contribution in [2.24, 2.45) is 22.7 Å². The number of Topliss-reactive ketones (excluding diaryl/α,β-unsaturated/α-hetero) is 1. The number of rotatable bonds is 17. The Morgan fingerprint density at radius 3 is 2.04 bits per heavy atom. The number of nitrogens with one attached hydrogen (secondary N) is 4. The minimum absolute atomic E-state index is 0.0856. The Kier molecular flexibility index (Phi) is 13.8. The van der Waals surface area contributed by atoms with Crippen LogP contribution >= 0.6 is 0 Å². The van der Waals surface area contributed by atoms with Crippen LogP contribution in [0.1, 0.15) is 90.8 Å². The number of piperidine rings is 1. The summed E-state index contributed by atoms with van der Waals surface area (Å²) in [5.41, 5.74) is 1.20. The molecule has 2 fully saturated rings. The molecule has 12 nitrogen and oxygen atoms in total. The van der Waals surface area contributed by atoms with E-state index in [2.05, 4.69) is 54.2 Å². The van der Waals surface area contributed by atoms with Gasteiger partial charge in [-0.3, -0.25) is 28.8 Å². The normalized spacial score (nSPS) is 20.8. The van der Waals surface area contributed by atoms with Gasteiger partial charge < -0.3 is 31.1 Å². The molecule has 4 N–H and O–H groups in total. The van der Waals surface area contributed by atoms with Crippen LogP contribution in [-0.2, 0) is 28.8 Å². The Labute approximate surface area is 320 Å². The molecule has 0 aromatic heterocycles. The molecule has 3 unspecified atom stereocenters. The molecule has 7 atom stereocenters. The first kappa shape index (κ1) is 42.2. The third-order valence-electron chi connectivity index (χ3n) is 11.1. The lowest BCUT2D eigenvalue weighted by Gasteiger charge is -2.38. The van der Waals surface area contributed by atoms with Crippen molar-refractivity contribution in [2.75, 3.05) is 33.7 Å². The van der Waals surface area contributed by atoms with E-state index in [0.29, 0.717) is 31.0 Å². The van der Waals surface area contributed by atoms with Crippen LogP contribution in [0.4, 0.5) is 0 Å². The molecule has 1 aliphatic heterocycles. The van der Waals surface area contributed by atoms with Gasteiger partial charge in [0.05, 0.1) is 18.6 Å². The molecular formula is C42H60N6O6. The predicted molar refractivity (Wildman–Crippen MR) is 208 cm³/mol. The molecule has 54 heavy (non-hydrogen) atoms. The lowest BCUT2D eigenvalue weighted by atomic mass is 9.85. The first-order valence-corrected chi connectivity index (χ1v) is 19.2. The molecule has 1 saturated carbocycles. The average molecular weight is 745 g/mol. The summed E-state index contributed by atoms with van der Waals surface area (Å²) in [4.78, 5) is 83.9.